The number of aryl methyl sites for hydroxylation is 1. The normalized spacial score (nSPS) is 19.4. The Labute approximate surface area is 115 Å². The monoisotopic (exact) mass is 282 g/mol. The quantitative estimate of drug-likeness (QED) is 0.891. The molecule has 0 amide bonds. The summed E-state index contributed by atoms with van der Waals surface area (Å²) in [5.41, 5.74) is 2.72. The summed E-state index contributed by atoms with van der Waals surface area (Å²) in [6.07, 6.45) is 3.37. The summed E-state index contributed by atoms with van der Waals surface area (Å²) in [5, 5.41) is 3.38. The van der Waals surface area contributed by atoms with E-state index in [4.69, 9.17) is 0 Å². The molecule has 0 spiro atoms. The molecule has 1 aliphatic rings. The largest absolute Gasteiger partial charge is 0.309 e. The van der Waals surface area contributed by atoms with Crippen LogP contribution in [0.1, 0.15) is 30.0 Å². The summed E-state index contributed by atoms with van der Waals surface area (Å²) in [6, 6.07) is 8.72. The maximum absolute atomic E-state index is 11.7. The van der Waals surface area contributed by atoms with Crippen molar-refractivity contribution in [3.8, 4) is 0 Å². The van der Waals surface area contributed by atoms with Crippen LogP contribution < -0.4 is 5.32 Å². The van der Waals surface area contributed by atoms with Crippen LogP contribution in [0.15, 0.2) is 24.3 Å². The number of sulfonamides is 1. The van der Waals surface area contributed by atoms with Gasteiger partial charge >= 0.3 is 0 Å². The topological polar surface area (TPSA) is 49.4 Å². The second kappa shape index (κ2) is 6.03. The lowest BCUT2D eigenvalue weighted by molar-refractivity contribution is 0.465. The Morgan fingerprint density at radius 2 is 2.05 bits per heavy atom. The highest BCUT2D eigenvalue weighted by Crippen LogP contribution is 2.29. The third kappa shape index (κ3) is 3.55. The zero-order valence-electron chi connectivity index (χ0n) is 11.6. The molecule has 0 radical (unpaired) electrons. The standard InChI is InChI=1S/C14H22N2O2S/c1-16(2)19(17,18)11-10-15-14-9-5-7-12-6-3-4-8-13(12)14/h3-4,6,8,14-15H,5,7,9-11H2,1-2H3. The fourth-order valence-corrected chi connectivity index (χ4v) is 3.25. The molecule has 106 valence electrons. The predicted molar refractivity (Wildman–Crippen MR) is 77.6 cm³/mol. The van der Waals surface area contributed by atoms with Crippen LogP contribution in [0, 0.1) is 0 Å². The average Bonchev–Trinajstić information content (AvgIpc) is 2.38. The van der Waals surface area contributed by atoms with Gasteiger partial charge in [0.25, 0.3) is 0 Å². The van der Waals surface area contributed by atoms with Gasteiger partial charge in [-0.05, 0) is 30.4 Å². The predicted octanol–water partition coefficient (Wildman–Crippen LogP) is 1.54. The van der Waals surface area contributed by atoms with Gasteiger partial charge in [-0.3, -0.25) is 0 Å². The molecule has 0 saturated heterocycles. The van der Waals surface area contributed by atoms with Crippen molar-refractivity contribution in [1.82, 2.24) is 9.62 Å². The van der Waals surface area contributed by atoms with E-state index in [9.17, 15) is 8.42 Å². The number of rotatable bonds is 5. The highest BCUT2D eigenvalue weighted by atomic mass is 32.2. The number of nitrogens with zero attached hydrogens (tertiary/aromatic N) is 1. The number of hydrogen-bond acceptors (Lipinski definition) is 3. The minimum absolute atomic E-state index is 0.151. The number of fused-ring (bicyclic) bond motifs is 1. The maximum Gasteiger partial charge on any atom is 0.214 e. The molecule has 0 fully saturated rings. The SMILES string of the molecule is CN(C)S(=O)(=O)CCNC1CCCc2ccccc21. The molecule has 4 nitrogen and oxygen atoms in total. The molecular weight excluding hydrogens is 260 g/mol. The van der Waals surface area contributed by atoms with Crippen LogP contribution in [0.4, 0.5) is 0 Å². The Kier molecular flexibility index (Phi) is 4.60. The van der Waals surface area contributed by atoms with Crippen LogP contribution in [0.3, 0.4) is 0 Å². The van der Waals surface area contributed by atoms with Gasteiger partial charge in [-0.15, -0.1) is 0 Å². The molecular formula is C14H22N2O2S. The molecule has 1 unspecified atom stereocenters. The number of hydrogen-bond donors (Lipinski definition) is 1. The van der Waals surface area contributed by atoms with E-state index in [0.717, 1.165) is 19.3 Å². The summed E-state index contributed by atoms with van der Waals surface area (Å²) in [4.78, 5) is 0. The fraction of sp³-hybridized carbons (Fsp3) is 0.571. The Bertz CT molecular complexity index is 526. The average molecular weight is 282 g/mol. The smallest absolute Gasteiger partial charge is 0.214 e. The van der Waals surface area contributed by atoms with Gasteiger partial charge < -0.3 is 5.32 Å². The molecule has 5 heteroatoms. The van der Waals surface area contributed by atoms with Gasteiger partial charge in [0.05, 0.1) is 5.75 Å². The summed E-state index contributed by atoms with van der Waals surface area (Å²) in [5.74, 6) is 0.151. The van der Waals surface area contributed by atoms with Crippen molar-refractivity contribution in [3.63, 3.8) is 0 Å². The first kappa shape index (κ1) is 14.5. The van der Waals surface area contributed by atoms with Crippen LogP contribution in [0.2, 0.25) is 0 Å². The first-order valence-electron chi connectivity index (χ1n) is 6.72. The lowest BCUT2D eigenvalue weighted by Gasteiger charge is -2.26. The molecule has 0 bridgehead atoms. The van der Waals surface area contributed by atoms with Crippen LogP contribution in [0.5, 0.6) is 0 Å². The van der Waals surface area contributed by atoms with Crippen LogP contribution in [-0.2, 0) is 16.4 Å². The molecule has 0 heterocycles. The molecule has 1 aliphatic carbocycles. The van der Waals surface area contributed by atoms with Crippen molar-refractivity contribution in [3.05, 3.63) is 35.4 Å². The Morgan fingerprint density at radius 1 is 1.32 bits per heavy atom. The van der Waals surface area contributed by atoms with Gasteiger partial charge in [-0.1, -0.05) is 24.3 Å². The van der Waals surface area contributed by atoms with E-state index < -0.39 is 10.0 Å². The van der Waals surface area contributed by atoms with E-state index in [-0.39, 0.29) is 5.75 Å². The maximum atomic E-state index is 11.7. The van der Waals surface area contributed by atoms with E-state index in [0.29, 0.717) is 12.6 Å². The third-order valence-corrected chi connectivity index (χ3v) is 5.51. The molecule has 2 rings (SSSR count). The van der Waals surface area contributed by atoms with Gasteiger partial charge in [0.2, 0.25) is 10.0 Å². The van der Waals surface area contributed by atoms with E-state index in [1.165, 1.54) is 15.4 Å². The zero-order chi connectivity index (χ0) is 13.9. The lowest BCUT2D eigenvalue weighted by atomic mass is 9.88. The second-order valence-corrected chi connectivity index (χ2v) is 7.50. The van der Waals surface area contributed by atoms with Crippen molar-refractivity contribution in [2.45, 2.75) is 25.3 Å². The summed E-state index contributed by atoms with van der Waals surface area (Å²) in [7, 11) is 0.0437. The Hall–Kier alpha value is -0.910. The molecule has 0 aromatic heterocycles. The van der Waals surface area contributed by atoms with Crippen molar-refractivity contribution >= 4 is 10.0 Å². The number of benzene rings is 1. The van der Waals surface area contributed by atoms with E-state index >= 15 is 0 Å². The fourth-order valence-electron chi connectivity index (χ4n) is 2.51. The second-order valence-electron chi connectivity index (χ2n) is 5.20. The Morgan fingerprint density at radius 3 is 2.79 bits per heavy atom. The van der Waals surface area contributed by atoms with Crippen LogP contribution in [-0.4, -0.2) is 39.1 Å². The molecule has 1 aromatic rings. The highest BCUT2D eigenvalue weighted by molar-refractivity contribution is 7.89. The van der Waals surface area contributed by atoms with Gasteiger partial charge in [-0.25, -0.2) is 12.7 Å². The first-order valence-corrected chi connectivity index (χ1v) is 8.33. The lowest BCUT2D eigenvalue weighted by Crippen LogP contribution is -2.33. The van der Waals surface area contributed by atoms with Crippen molar-refractivity contribution in [2.75, 3.05) is 26.4 Å². The molecule has 1 aromatic carbocycles. The van der Waals surface area contributed by atoms with Crippen LogP contribution in [0.25, 0.3) is 0 Å². The summed E-state index contributed by atoms with van der Waals surface area (Å²) in [6.45, 7) is 0.500. The van der Waals surface area contributed by atoms with E-state index in [2.05, 4.69) is 29.6 Å². The summed E-state index contributed by atoms with van der Waals surface area (Å²) >= 11 is 0. The highest BCUT2D eigenvalue weighted by Gasteiger charge is 2.20. The minimum atomic E-state index is -3.11. The van der Waals surface area contributed by atoms with Crippen molar-refractivity contribution < 1.29 is 8.42 Å². The first-order chi connectivity index (χ1) is 9.00. The number of nitrogens with one attached hydrogen (secondary N) is 1. The summed E-state index contributed by atoms with van der Waals surface area (Å²) < 4.78 is 24.7. The van der Waals surface area contributed by atoms with Crippen LogP contribution >= 0.6 is 0 Å². The van der Waals surface area contributed by atoms with Crippen molar-refractivity contribution in [2.24, 2.45) is 0 Å². The molecule has 1 N–H and O–H groups in total. The molecule has 19 heavy (non-hydrogen) atoms. The zero-order valence-corrected chi connectivity index (χ0v) is 12.4. The van der Waals surface area contributed by atoms with Gasteiger partial charge in [0.15, 0.2) is 0 Å². The molecule has 0 aliphatic heterocycles. The van der Waals surface area contributed by atoms with E-state index in [1.54, 1.807) is 14.1 Å². The molecule has 1 atom stereocenters. The molecule has 0 saturated carbocycles. The van der Waals surface area contributed by atoms with Gasteiger partial charge in [0, 0.05) is 26.7 Å². The van der Waals surface area contributed by atoms with Gasteiger partial charge in [0.1, 0.15) is 0 Å². The van der Waals surface area contributed by atoms with Crippen molar-refractivity contribution in [1.29, 1.82) is 0 Å². The Balaban J connectivity index is 1.95. The van der Waals surface area contributed by atoms with Gasteiger partial charge in [-0.2, -0.15) is 0 Å². The third-order valence-electron chi connectivity index (χ3n) is 3.68. The van der Waals surface area contributed by atoms with E-state index in [1.807, 2.05) is 0 Å². The minimum Gasteiger partial charge on any atom is -0.309 e.